The zero-order chi connectivity index (χ0) is 13.5. The monoisotopic (exact) mass is 318 g/mol. The summed E-state index contributed by atoms with van der Waals surface area (Å²) in [5.41, 5.74) is 1.28. The second-order valence-electron chi connectivity index (χ2n) is 5.41. The van der Waals surface area contributed by atoms with Crippen LogP contribution in [0.3, 0.4) is 0 Å². The molecule has 18 heavy (non-hydrogen) atoms. The Hall–Kier alpha value is -0.0200. The van der Waals surface area contributed by atoms with Gasteiger partial charge in [0.15, 0.2) is 0 Å². The number of hydrogen-bond donors (Lipinski definition) is 0. The van der Waals surface area contributed by atoms with E-state index >= 15 is 0 Å². The van der Waals surface area contributed by atoms with Gasteiger partial charge in [-0.3, -0.25) is 0 Å². The van der Waals surface area contributed by atoms with Crippen LogP contribution in [0.15, 0.2) is 17.5 Å². The molecule has 2 aromatic heterocycles. The van der Waals surface area contributed by atoms with Gasteiger partial charge in [-0.25, -0.2) is 0 Å². The molecular formula is C14H16Cl2S2. The van der Waals surface area contributed by atoms with E-state index in [-0.39, 0.29) is 10.8 Å². The van der Waals surface area contributed by atoms with E-state index in [1.54, 1.807) is 22.7 Å². The van der Waals surface area contributed by atoms with E-state index in [1.807, 2.05) is 6.92 Å². The minimum absolute atomic E-state index is 0.128. The molecule has 98 valence electrons. The Balaban J connectivity index is 2.32. The van der Waals surface area contributed by atoms with Crippen LogP contribution in [-0.2, 0) is 5.41 Å². The fourth-order valence-electron chi connectivity index (χ4n) is 1.64. The minimum atomic E-state index is -0.128. The van der Waals surface area contributed by atoms with E-state index < -0.39 is 0 Å². The SMILES string of the molecule is Cc1csc(C(Cl)c2ccc(C(C)(C)C)s2)c1Cl. The standard InChI is InChI=1S/C14H16Cl2S2/c1-8-7-17-13(11(8)15)12(16)9-5-6-10(18-9)14(2,3)4/h5-7,12H,1-4H3. The third-order valence-electron chi connectivity index (χ3n) is 2.77. The first kappa shape index (κ1) is 14.4. The van der Waals surface area contributed by atoms with Crippen molar-refractivity contribution in [3.8, 4) is 0 Å². The molecule has 1 atom stereocenters. The van der Waals surface area contributed by atoms with E-state index in [1.165, 1.54) is 9.75 Å². The van der Waals surface area contributed by atoms with E-state index in [2.05, 4.69) is 38.3 Å². The topological polar surface area (TPSA) is 0 Å². The molecule has 0 aliphatic heterocycles. The summed E-state index contributed by atoms with van der Waals surface area (Å²) in [6, 6.07) is 4.29. The Bertz CT molecular complexity index is 546. The van der Waals surface area contributed by atoms with Crippen molar-refractivity contribution in [2.75, 3.05) is 0 Å². The molecule has 0 bridgehead atoms. The lowest BCUT2D eigenvalue weighted by Crippen LogP contribution is -2.07. The molecule has 2 aromatic rings. The lowest BCUT2D eigenvalue weighted by atomic mass is 9.95. The van der Waals surface area contributed by atoms with Gasteiger partial charge in [0.2, 0.25) is 0 Å². The lowest BCUT2D eigenvalue weighted by Gasteiger charge is -2.15. The molecule has 0 radical (unpaired) electrons. The molecular weight excluding hydrogens is 303 g/mol. The van der Waals surface area contributed by atoms with E-state index in [9.17, 15) is 0 Å². The summed E-state index contributed by atoms with van der Waals surface area (Å²) >= 11 is 16.2. The van der Waals surface area contributed by atoms with Gasteiger partial charge in [0, 0.05) is 14.6 Å². The molecule has 2 rings (SSSR count). The van der Waals surface area contributed by atoms with Crippen LogP contribution in [0.1, 0.15) is 46.3 Å². The van der Waals surface area contributed by atoms with Crippen LogP contribution in [0.4, 0.5) is 0 Å². The summed E-state index contributed by atoms with van der Waals surface area (Å²) in [6.07, 6.45) is 0. The number of hydrogen-bond acceptors (Lipinski definition) is 2. The highest BCUT2D eigenvalue weighted by Crippen LogP contribution is 2.43. The third-order valence-corrected chi connectivity index (χ3v) is 6.84. The third kappa shape index (κ3) is 2.77. The van der Waals surface area contributed by atoms with E-state index in [0.717, 1.165) is 15.5 Å². The maximum atomic E-state index is 6.55. The first-order valence-corrected chi connectivity index (χ1v) is 8.29. The summed E-state index contributed by atoms with van der Waals surface area (Å²) in [5, 5.41) is 2.74. The first-order chi connectivity index (χ1) is 8.30. The first-order valence-electron chi connectivity index (χ1n) is 5.78. The summed E-state index contributed by atoms with van der Waals surface area (Å²) in [7, 11) is 0. The van der Waals surface area contributed by atoms with Gasteiger partial charge in [-0.1, -0.05) is 32.4 Å². The van der Waals surface area contributed by atoms with Crippen LogP contribution >= 0.6 is 45.9 Å². The largest absolute Gasteiger partial charge is 0.145 e. The van der Waals surface area contributed by atoms with Crippen molar-refractivity contribution in [1.29, 1.82) is 0 Å². The highest BCUT2D eigenvalue weighted by Gasteiger charge is 2.22. The molecule has 0 spiro atoms. The van der Waals surface area contributed by atoms with Crippen molar-refractivity contribution in [3.05, 3.63) is 42.7 Å². The van der Waals surface area contributed by atoms with Crippen LogP contribution in [0.5, 0.6) is 0 Å². The molecule has 1 unspecified atom stereocenters. The Labute approximate surface area is 127 Å². The Morgan fingerprint density at radius 2 is 1.89 bits per heavy atom. The minimum Gasteiger partial charge on any atom is -0.145 e. The average molecular weight is 319 g/mol. The molecule has 0 saturated heterocycles. The lowest BCUT2D eigenvalue weighted by molar-refractivity contribution is 0.604. The predicted molar refractivity (Wildman–Crippen MR) is 84.8 cm³/mol. The predicted octanol–water partition coefficient (Wildman–Crippen LogP) is 6.40. The summed E-state index contributed by atoms with van der Waals surface area (Å²) in [4.78, 5) is 3.58. The van der Waals surface area contributed by atoms with Crippen molar-refractivity contribution in [1.82, 2.24) is 0 Å². The average Bonchev–Trinajstić information content (AvgIpc) is 2.86. The molecule has 0 nitrogen and oxygen atoms in total. The van der Waals surface area contributed by atoms with Crippen LogP contribution in [-0.4, -0.2) is 0 Å². The van der Waals surface area contributed by atoms with E-state index in [0.29, 0.717) is 0 Å². The molecule has 0 amide bonds. The van der Waals surface area contributed by atoms with Gasteiger partial charge in [0.05, 0.1) is 5.02 Å². The van der Waals surface area contributed by atoms with Crippen molar-refractivity contribution >= 4 is 45.9 Å². The van der Waals surface area contributed by atoms with Gasteiger partial charge in [-0.2, -0.15) is 0 Å². The van der Waals surface area contributed by atoms with Gasteiger partial charge in [-0.05, 0) is 35.4 Å². The molecule has 0 N–H and O–H groups in total. The summed E-state index contributed by atoms with van der Waals surface area (Å²) in [6.45, 7) is 8.66. The molecule has 0 fully saturated rings. The van der Waals surface area contributed by atoms with E-state index in [4.69, 9.17) is 23.2 Å². The number of alkyl halides is 1. The van der Waals surface area contributed by atoms with Gasteiger partial charge in [-0.15, -0.1) is 34.3 Å². The summed E-state index contributed by atoms with van der Waals surface area (Å²) < 4.78 is 0. The van der Waals surface area contributed by atoms with Gasteiger partial charge >= 0.3 is 0 Å². The number of rotatable bonds is 2. The summed E-state index contributed by atoms with van der Waals surface area (Å²) in [5.74, 6) is 0. The Morgan fingerprint density at radius 3 is 2.33 bits per heavy atom. The second-order valence-corrected chi connectivity index (χ2v) is 8.25. The molecule has 0 aliphatic rings. The smallest absolute Gasteiger partial charge is 0.103 e. The highest BCUT2D eigenvalue weighted by molar-refractivity contribution is 7.13. The quantitative estimate of drug-likeness (QED) is 0.562. The molecule has 4 heteroatoms. The van der Waals surface area contributed by atoms with Crippen LogP contribution < -0.4 is 0 Å². The highest BCUT2D eigenvalue weighted by atomic mass is 35.5. The number of thiophene rings is 2. The van der Waals surface area contributed by atoms with Crippen LogP contribution in [0, 0.1) is 6.92 Å². The maximum absolute atomic E-state index is 6.55. The van der Waals surface area contributed by atoms with Crippen LogP contribution in [0.2, 0.25) is 5.02 Å². The van der Waals surface area contributed by atoms with Gasteiger partial charge < -0.3 is 0 Å². The molecule has 0 saturated carbocycles. The van der Waals surface area contributed by atoms with Crippen molar-refractivity contribution < 1.29 is 0 Å². The van der Waals surface area contributed by atoms with Crippen LogP contribution in [0.25, 0.3) is 0 Å². The van der Waals surface area contributed by atoms with Gasteiger partial charge in [0.1, 0.15) is 5.38 Å². The zero-order valence-electron chi connectivity index (χ0n) is 10.9. The Morgan fingerprint density at radius 1 is 1.22 bits per heavy atom. The maximum Gasteiger partial charge on any atom is 0.103 e. The molecule has 2 heterocycles. The van der Waals surface area contributed by atoms with Crippen molar-refractivity contribution in [3.63, 3.8) is 0 Å². The fraction of sp³-hybridized carbons (Fsp3) is 0.429. The molecule has 0 aliphatic carbocycles. The van der Waals surface area contributed by atoms with Crippen molar-refractivity contribution in [2.24, 2.45) is 0 Å². The number of aryl methyl sites for hydroxylation is 1. The number of halogens is 2. The zero-order valence-corrected chi connectivity index (χ0v) is 14.0. The Kier molecular flexibility index (Phi) is 4.13. The fourth-order valence-corrected chi connectivity index (χ4v) is 4.59. The molecule has 0 aromatic carbocycles. The van der Waals surface area contributed by atoms with Crippen molar-refractivity contribution in [2.45, 2.75) is 38.5 Å². The second kappa shape index (κ2) is 5.16. The van der Waals surface area contributed by atoms with Gasteiger partial charge in [0.25, 0.3) is 0 Å². The normalized spacial score (nSPS) is 13.9.